The highest BCUT2D eigenvalue weighted by Gasteiger charge is 2.22. The Hall–Kier alpha value is -0.0900. The summed E-state index contributed by atoms with van der Waals surface area (Å²) in [6.07, 6.45) is 3.05. The van der Waals surface area contributed by atoms with E-state index in [2.05, 4.69) is 6.92 Å². The number of rotatable bonds is 1. The van der Waals surface area contributed by atoms with Crippen LogP contribution in [-0.4, -0.2) is 32.1 Å². The van der Waals surface area contributed by atoms with Gasteiger partial charge in [0, 0.05) is 13.1 Å². The summed E-state index contributed by atoms with van der Waals surface area (Å²) in [4.78, 5) is 0. The van der Waals surface area contributed by atoms with Crippen LogP contribution in [-0.2, 0) is 10.0 Å². The predicted molar refractivity (Wildman–Crippen MR) is 44.5 cm³/mol. The molecular weight excluding hydrogens is 162 g/mol. The maximum absolute atomic E-state index is 11.0. The molecule has 1 fully saturated rings. The van der Waals surface area contributed by atoms with E-state index in [1.54, 1.807) is 0 Å². The standard InChI is InChI=1S/C7H14NO2S/c1-7-3-5-8(6-4-7)11(2,9)10/h7H,1,3-6H2,2H3. The van der Waals surface area contributed by atoms with Crippen LogP contribution < -0.4 is 0 Å². The van der Waals surface area contributed by atoms with E-state index in [0.717, 1.165) is 12.8 Å². The summed E-state index contributed by atoms with van der Waals surface area (Å²) in [5.41, 5.74) is 0. The summed E-state index contributed by atoms with van der Waals surface area (Å²) in [6.45, 7) is 5.18. The SMILES string of the molecule is [CH2]C1CCN(S(C)(=O)=O)CC1. The first-order valence-electron chi connectivity index (χ1n) is 3.78. The molecule has 0 amide bonds. The molecule has 0 aromatic rings. The van der Waals surface area contributed by atoms with E-state index < -0.39 is 10.0 Å². The summed E-state index contributed by atoms with van der Waals surface area (Å²) in [6, 6.07) is 0. The zero-order valence-electron chi connectivity index (χ0n) is 6.78. The van der Waals surface area contributed by atoms with Gasteiger partial charge in [-0.05, 0) is 18.8 Å². The van der Waals surface area contributed by atoms with Gasteiger partial charge in [0.25, 0.3) is 0 Å². The van der Waals surface area contributed by atoms with E-state index in [-0.39, 0.29) is 0 Å². The van der Waals surface area contributed by atoms with Crippen molar-refractivity contribution in [3.63, 3.8) is 0 Å². The van der Waals surface area contributed by atoms with Crippen LogP contribution in [0.1, 0.15) is 12.8 Å². The molecule has 3 nitrogen and oxygen atoms in total. The fraction of sp³-hybridized carbons (Fsp3) is 0.857. The van der Waals surface area contributed by atoms with E-state index >= 15 is 0 Å². The lowest BCUT2D eigenvalue weighted by Crippen LogP contribution is -2.37. The number of piperidine rings is 1. The second-order valence-electron chi connectivity index (χ2n) is 3.11. The van der Waals surface area contributed by atoms with Gasteiger partial charge in [-0.25, -0.2) is 12.7 Å². The molecule has 1 rings (SSSR count). The van der Waals surface area contributed by atoms with Gasteiger partial charge in [-0.3, -0.25) is 0 Å². The molecule has 65 valence electrons. The highest BCUT2D eigenvalue weighted by molar-refractivity contribution is 7.88. The number of sulfonamides is 1. The highest BCUT2D eigenvalue weighted by atomic mass is 32.2. The van der Waals surface area contributed by atoms with Crippen molar-refractivity contribution in [2.75, 3.05) is 19.3 Å². The van der Waals surface area contributed by atoms with Crippen molar-refractivity contribution in [2.24, 2.45) is 5.92 Å². The minimum atomic E-state index is -2.94. The van der Waals surface area contributed by atoms with Crippen LogP contribution in [0.25, 0.3) is 0 Å². The van der Waals surface area contributed by atoms with Crippen LogP contribution >= 0.6 is 0 Å². The van der Waals surface area contributed by atoms with E-state index in [9.17, 15) is 8.42 Å². The van der Waals surface area contributed by atoms with Crippen LogP contribution in [0.5, 0.6) is 0 Å². The van der Waals surface area contributed by atoms with Crippen molar-refractivity contribution in [1.82, 2.24) is 4.31 Å². The van der Waals surface area contributed by atoms with Gasteiger partial charge in [0.05, 0.1) is 6.26 Å². The Morgan fingerprint density at radius 1 is 1.36 bits per heavy atom. The van der Waals surface area contributed by atoms with Gasteiger partial charge in [0.15, 0.2) is 0 Å². The second kappa shape index (κ2) is 3.11. The molecule has 1 heterocycles. The Morgan fingerprint density at radius 3 is 2.18 bits per heavy atom. The molecule has 11 heavy (non-hydrogen) atoms. The smallest absolute Gasteiger partial charge is 0.211 e. The lowest BCUT2D eigenvalue weighted by Gasteiger charge is -2.27. The Kier molecular flexibility index (Phi) is 2.54. The maximum Gasteiger partial charge on any atom is 0.211 e. The third-order valence-electron chi connectivity index (χ3n) is 2.04. The molecule has 0 aromatic carbocycles. The first-order chi connectivity index (χ1) is 5.00. The lowest BCUT2D eigenvalue weighted by atomic mass is 10.0. The number of nitrogens with zero attached hydrogens (tertiary/aromatic N) is 1. The molecule has 0 aromatic heterocycles. The Labute approximate surface area is 68.4 Å². The summed E-state index contributed by atoms with van der Waals surface area (Å²) < 4.78 is 23.5. The third kappa shape index (κ3) is 2.45. The van der Waals surface area contributed by atoms with E-state index in [1.807, 2.05) is 0 Å². The Morgan fingerprint density at radius 2 is 1.82 bits per heavy atom. The molecule has 0 aliphatic carbocycles. The fourth-order valence-electron chi connectivity index (χ4n) is 1.24. The van der Waals surface area contributed by atoms with Crippen LogP contribution in [0, 0.1) is 12.8 Å². The molecule has 4 heteroatoms. The molecule has 0 atom stereocenters. The monoisotopic (exact) mass is 176 g/mol. The molecule has 0 bridgehead atoms. The van der Waals surface area contributed by atoms with Gasteiger partial charge >= 0.3 is 0 Å². The van der Waals surface area contributed by atoms with Crippen molar-refractivity contribution >= 4 is 10.0 Å². The third-order valence-corrected chi connectivity index (χ3v) is 3.35. The van der Waals surface area contributed by atoms with Crippen LogP contribution in [0.2, 0.25) is 0 Å². The van der Waals surface area contributed by atoms with Crippen LogP contribution in [0.4, 0.5) is 0 Å². The van der Waals surface area contributed by atoms with Gasteiger partial charge in [-0.2, -0.15) is 0 Å². The average molecular weight is 176 g/mol. The summed E-state index contributed by atoms with van der Waals surface area (Å²) >= 11 is 0. The molecule has 0 saturated carbocycles. The van der Waals surface area contributed by atoms with Gasteiger partial charge < -0.3 is 0 Å². The second-order valence-corrected chi connectivity index (χ2v) is 5.09. The molecule has 1 aliphatic heterocycles. The van der Waals surface area contributed by atoms with E-state index in [1.165, 1.54) is 10.6 Å². The normalized spacial score (nSPS) is 23.8. The van der Waals surface area contributed by atoms with Crippen molar-refractivity contribution < 1.29 is 8.42 Å². The highest BCUT2D eigenvalue weighted by Crippen LogP contribution is 2.17. The Bertz CT molecular complexity index is 215. The lowest BCUT2D eigenvalue weighted by molar-refractivity contribution is 0.306. The van der Waals surface area contributed by atoms with Crippen molar-refractivity contribution in [3.8, 4) is 0 Å². The Balaban J connectivity index is 2.53. The van der Waals surface area contributed by atoms with Crippen LogP contribution in [0.15, 0.2) is 0 Å². The zero-order valence-corrected chi connectivity index (χ0v) is 7.60. The number of hydrogen-bond donors (Lipinski definition) is 0. The van der Waals surface area contributed by atoms with Crippen molar-refractivity contribution in [3.05, 3.63) is 6.92 Å². The predicted octanol–water partition coefficient (Wildman–Crippen LogP) is 0.492. The van der Waals surface area contributed by atoms with Gasteiger partial charge in [-0.15, -0.1) is 0 Å². The molecule has 0 unspecified atom stereocenters. The zero-order chi connectivity index (χ0) is 8.48. The quantitative estimate of drug-likeness (QED) is 0.583. The van der Waals surface area contributed by atoms with Gasteiger partial charge in [0.2, 0.25) is 10.0 Å². The van der Waals surface area contributed by atoms with Gasteiger partial charge in [-0.1, -0.05) is 6.92 Å². The molecule has 0 spiro atoms. The van der Waals surface area contributed by atoms with Crippen molar-refractivity contribution in [1.29, 1.82) is 0 Å². The summed E-state index contributed by atoms with van der Waals surface area (Å²) in [5, 5.41) is 0. The van der Waals surface area contributed by atoms with E-state index in [4.69, 9.17) is 0 Å². The van der Waals surface area contributed by atoms with E-state index in [0.29, 0.717) is 19.0 Å². The molecule has 0 N–H and O–H groups in total. The largest absolute Gasteiger partial charge is 0.213 e. The van der Waals surface area contributed by atoms with Crippen molar-refractivity contribution in [2.45, 2.75) is 12.8 Å². The average Bonchev–Trinajstić information content (AvgIpc) is 1.86. The minimum Gasteiger partial charge on any atom is -0.213 e. The fourth-order valence-corrected chi connectivity index (χ4v) is 2.12. The van der Waals surface area contributed by atoms with Gasteiger partial charge in [0.1, 0.15) is 0 Å². The minimum absolute atomic E-state index is 0.438. The van der Waals surface area contributed by atoms with Crippen LogP contribution in [0.3, 0.4) is 0 Å². The molecule has 1 saturated heterocycles. The summed E-state index contributed by atoms with van der Waals surface area (Å²) in [5.74, 6) is 0.438. The number of hydrogen-bond acceptors (Lipinski definition) is 2. The molecule has 1 aliphatic rings. The first-order valence-corrected chi connectivity index (χ1v) is 5.63. The molecular formula is C7H14NO2S. The summed E-state index contributed by atoms with van der Waals surface area (Å²) in [7, 11) is -2.94. The molecule has 1 radical (unpaired) electrons. The first kappa shape index (κ1) is 9.00. The topological polar surface area (TPSA) is 37.4 Å². The maximum atomic E-state index is 11.0.